The summed E-state index contributed by atoms with van der Waals surface area (Å²) in [6.07, 6.45) is 4.98. The number of piperidine rings is 1. The molecule has 1 saturated heterocycles. The van der Waals surface area contributed by atoms with Crippen LogP contribution in [0.5, 0.6) is 17.2 Å². The van der Waals surface area contributed by atoms with E-state index in [9.17, 15) is 4.79 Å². The van der Waals surface area contributed by atoms with Gasteiger partial charge in [-0.15, -0.1) is 0 Å². The first kappa shape index (κ1) is 20.1. The Morgan fingerprint density at radius 1 is 1.09 bits per heavy atom. The highest BCUT2D eigenvalue weighted by Crippen LogP contribution is 2.33. The number of ether oxygens (including phenoxy) is 3. The van der Waals surface area contributed by atoms with Crippen molar-refractivity contribution in [1.29, 1.82) is 0 Å². The van der Waals surface area contributed by atoms with Crippen molar-refractivity contribution in [3.05, 3.63) is 60.0 Å². The summed E-state index contributed by atoms with van der Waals surface area (Å²) in [6.45, 7) is 1.53. The van der Waals surface area contributed by atoms with E-state index in [0.29, 0.717) is 30.6 Å². The highest BCUT2D eigenvalue weighted by molar-refractivity contribution is 5.92. The molecule has 1 aromatic heterocycles. The minimum atomic E-state index is -0.00873. The molecular formula is C24H23N3O5. The SMILES string of the molecule is COc1ccc(-c2noc(C3CCN(C(=O)/C=C/c4ccc5c(c4)OCO5)CC3)n2)cc1. The molecule has 0 saturated carbocycles. The molecule has 0 atom stereocenters. The highest BCUT2D eigenvalue weighted by Gasteiger charge is 2.27. The number of rotatable bonds is 5. The fraction of sp³-hybridized carbons (Fsp3) is 0.292. The molecule has 1 amide bonds. The van der Waals surface area contributed by atoms with Crippen LogP contribution in [-0.2, 0) is 4.79 Å². The van der Waals surface area contributed by atoms with Crippen LogP contribution in [-0.4, -0.2) is 47.9 Å². The van der Waals surface area contributed by atoms with Gasteiger partial charge in [-0.25, -0.2) is 0 Å². The second kappa shape index (κ2) is 8.74. The quantitative estimate of drug-likeness (QED) is 0.564. The summed E-state index contributed by atoms with van der Waals surface area (Å²) in [4.78, 5) is 19.0. The molecule has 0 spiro atoms. The Labute approximate surface area is 185 Å². The number of hydrogen-bond donors (Lipinski definition) is 0. The van der Waals surface area contributed by atoms with Crippen molar-refractivity contribution in [3.63, 3.8) is 0 Å². The van der Waals surface area contributed by atoms with Crippen LogP contribution < -0.4 is 14.2 Å². The Morgan fingerprint density at radius 2 is 1.88 bits per heavy atom. The van der Waals surface area contributed by atoms with E-state index in [0.717, 1.165) is 35.5 Å². The molecule has 1 fully saturated rings. The highest BCUT2D eigenvalue weighted by atomic mass is 16.7. The van der Waals surface area contributed by atoms with E-state index >= 15 is 0 Å². The van der Waals surface area contributed by atoms with Crippen molar-refractivity contribution in [2.75, 3.05) is 27.0 Å². The van der Waals surface area contributed by atoms with Gasteiger partial charge in [0, 0.05) is 30.6 Å². The lowest BCUT2D eigenvalue weighted by Crippen LogP contribution is -2.36. The molecule has 164 valence electrons. The first-order chi connectivity index (χ1) is 15.7. The number of carbonyl (C=O) groups is 1. The molecule has 8 heteroatoms. The summed E-state index contributed by atoms with van der Waals surface area (Å²) in [5.74, 6) is 3.54. The number of likely N-dealkylation sites (tertiary alicyclic amines) is 1. The van der Waals surface area contributed by atoms with E-state index in [1.165, 1.54) is 0 Å². The Bertz CT molecular complexity index is 1130. The molecule has 0 aliphatic carbocycles. The zero-order chi connectivity index (χ0) is 21.9. The van der Waals surface area contributed by atoms with Crippen LogP contribution in [0.25, 0.3) is 17.5 Å². The lowest BCUT2D eigenvalue weighted by molar-refractivity contribution is -0.127. The van der Waals surface area contributed by atoms with Gasteiger partial charge in [0.15, 0.2) is 11.5 Å². The molecule has 0 radical (unpaired) electrons. The van der Waals surface area contributed by atoms with Gasteiger partial charge in [-0.2, -0.15) is 4.98 Å². The third kappa shape index (κ3) is 4.16. The molecule has 3 aromatic rings. The van der Waals surface area contributed by atoms with Gasteiger partial charge in [0.1, 0.15) is 5.75 Å². The molecule has 5 rings (SSSR count). The lowest BCUT2D eigenvalue weighted by atomic mass is 9.96. The summed E-state index contributed by atoms with van der Waals surface area (Å²) < 4.78 is 21.4. The normalized spacial score (nSPS) is 16.0. The fourth-order valence-corrected chi connectivity index (χ4v) is 3.89. The second-order valence-corrected chi connectivity index (χ2v) is 7.73. The first-order valence-corrected chi connectivity index (χ1v) is 10.5. The monoisotopic (exact) mass is 433 g/mol. The molecule has 8 nitrogen and oxygen atoms in total. The van der Waals surface area contributed by atoms with E-state index in [1.807, 2.05) is 47.4 Å². The third-order valence-corrected chi connectivity index (χ3v) is 5.76. The summed E-state index contributed by atoms with van der Waals surface area (Å²) in [6, 6.07) is 13.2. The lowest BCUT2D eigenvalue weighted by Gasteiger charge is -2.29. The molecule has 0 N–H and O–H groups in total. The van der Waals surface area contributed by atoms with Crippen molar-refractivity contribution in [2.24, 2.45) is 0 Å². The van der Waals surface area contributed by atoms with Crippen LogP contribution in [0.15, 0.2) is 53.1 Å². The molecule has 3 heterocycles. The number of amides is 1. The van der Waals surface area contributed by atoms with Crippen LogP contribution in [0.2, 0.25) is 0 Å². The number of benzene rings is 2. The smallest absolute Gasteiger partial charge is 0.246 e. The Morgan fingerprint density at radius 3 is 2.66 bits per heavy atom. The van der Waals surface area contributed by atoms with E-state index in [-0.39, 0.29) is 18.6 Å². The minimum absolute atomic E-state index is 0.00873. The second-order valence-electron chi connectivity index (χ2n) is 7.73. The number of aromatic nitrogens is 2. The van der Waals surface area contributed by atoms with Crippen molar-refractivity contribution in [3.8, 4) is 28.6 Å². The van der Waals surface area contributed by atoms with Crippen LogP contribution >= 0.6 is 0 Å². The van der Waals surface area contributed by atoms with Gasteiger partial charge >= 0.3 is 0 Å². The summed E-state index contributed by atoms with van der Waals surface area (Å²) in [7, 11) is 1.63. The Hall–Kier alpha value is -3.81. The zero-order valence-corrected chi connectivity index (χ0v) is 17.7. The molecule has 0 bridgehead atoms. The third-order valence-electron chi connectivity index (χ3n) is 5.76. The first-order valence-electron chi connectivity index (χ1n) is 10.5. The van der Waals surface area contributed by atoms with Gasteiger partial charge in [-0.1, -0.05) is 11.2 Å². The van der Waals surface area contributed by atoms with Crippen molar-refractivity contribution in [1.82, 2.24) is 15.0 Å². The molecule has 2 aliphatic heterocycles. The summed E-state index contributed by atoms with van der Waals surface area (Å²) in [5, 5.41) is 4.12. The van der Waals surface area contributed by atoms with Gasteiger partial charge < -0.3 is 23.6 Å². The van der Waals surface area contributed by atoms with Crippen molar-refractivity contribution >= 4 is 12.0 Å². The average Bonchev–Trinajstić information content (AvgIpc) is 3.52. The van der Waals surface area contributed by atoms with Gasteiger partial charge in [0.2, 0.25) is 24.4 Å². The predicted molar refractivity (Wildman–Crippen MR) is 116 cm³/mol. The van der Waals surface area contributed by atoms with Crippen molar-refractivity contribution in [2.45, 2.75) is 18.8 Å². The van der Waals surface area contributed by atoms with E-state index in [2.05, 4.69) is 10.1 Å². The van der Waals surface area contributed by atoms with Crippen LogP contribution in [0.4, 0.5) is 0 Å². The number of nitrogens with zero attached hydrogens (tertiary/aromatic N) is 3. The maximum Gasteiger partial charge on any atom is 0.246 e. The summed E-state index contributed by atoms with van der Waals surface area (Å²) in [5.41, 5.74) is 1.77. The maximum absolute atomic E-state index is 12.6. The fourth-order valence-electron chi connectivity index (χ4n) is 3.89. The van der Waals surface area contributed by atoms with Gasteiger partial charge in [-0.3, -0.25) is 4.79 Å². The standard InChI is InChI=1S/C24H23N3O5/c1-29-19-6-4-17(5-7-19)23-25-24(32-26-23)18-10-12-27(13-11-18)22(28)9-3-16-2-8-20-21(14-16)31-15-30-20/h2-9,14,18H,10-13,15H2,1H3/b9-3+. The molecule has 0 unspecified atom stereocenters. The largest absolute Gasteiger partial charge is 0.497 e. The molecular weight excluding hydrogens is 410 g/mol. The zero-order valence-electron chi connectivity index (χ0n) is 17.7. The number of methoxy groups -OCH3 is 1. The Balaban J connectivity index is 1.17. The average molecular weight is 433 g/mol. The van der Waals surface area contributed by atoms with E-state index in [1.54, 1.807) is 19.3 Å². The van der Waals surface area contributed by atoms with E-state index in [4.69, 9.17) is 18.7 Å². The van der Waals surface area contributed by atoms with Gasteiger partial charge in [-0.05, 0) is 60.9 Å². The van der Waals surface area contributed by atoms with E-state index < -0.39 is 0 Å². The molecule has 2 aliphatic rings. The number of carbonyl (C=O) groups excluding carboxylic acids is 1. The van der Waals surface area contributed by atoms with Gasteiger partial charge in [0.25, 0.3) is 0 Å². The number of fused-ring (bicyclic) bond motifs is 1. The van der Waals surface area contributed by atoms with Crippen LogP contribution in [0, 0.1) is 0 Å². The number of hydrogen-bond acceptors (Lipinski definition) is 7. The Kier molecular flexibility index (Phi) is 5.49. The molecule has 2 aromatic carbocycles. The minimum Gasteiger partial charge on any atom is -0.497 e. The molecule has 32 heavy (non-hydrogen) atoms. The van der Waals surface area contributed by atoms with Crippen molar-refractivity contribution < 1.29 is 23.5 Å². The summed E-state index contributed by atoms with van der Waals surface area (Å²) >= 11 is 0. The predicted octanol–water partition coefficient (Wildman–Crippen LogP) is 3.89. The maximum atomic E-state index is 12.6. The van der Waals surface area contributed by atoms with Crippen LogP contribution in [0.3, 0.4) is 0 Å². The van der Waals surface area contributed by atoms with Gasteiger partial charge in [0.05, 0.1) is 7.11 Å². The topological polar surface area (TPSA) is 86.9 Å². The van der Waals surface area contributed by atoms with Crippen LogP contribution in [0.1, 0.15) is 30.2 Å².